The van der Waals surface area contributed by atoms with E-state index < -0.39 is 12.3 Å². The van der Waals surface area contributed by atoms with Crippen LogP contribution in [-0.2, 0) is 18.9 Å². The van der Waals surface area contributed by atoms with Crippen LogP contribution in [0.3, 0.4) is 0 Å². The normalized spacial score (nSPS) is 41.3. The molecule has 3 saturated carbocycles. The summed E-state index contributed by atoms with van der Waals surface area (Å²) in [6.07, 6.45) is 13.2. The highest BCUT2D eigenvalue weighted by Crippen LogP contribution is 2.74. The van der Waals surface area contributed by atoms with Crippen LogP contribution in [-0.4, -0.2) is 93.8 Å². The Labute approximate surface area is 326 Å². The maximum atomic E-state index is 12.5. The molecule has 5 fully saturated rings. The van der Waals surface area contributed by atoms with Crippen LogP contribution >= 0.6 is 0 Å². The van der Waals surface area contributed by atoms with Crippen molar-refractivity contribution in [3.8, 4) is 11.5 Å². The Morgan fingerprint density at radius 2 is 1.80 bits per heavy atom. The number of nitrogens with zero attached hydrogens (tertiary/aromatic N) is 5. The first-order chi connectivity index (χ1) is 26.2. The van der Waals surface area contributed by atoms with Gasteiger partial charge >= 0.3 is 6.16 Å². The number of fused-ring (bicyclic) bond motifs is 3. The van der Waals surface area contributed by atoms with E-state index in [-0.39, 0.29) is 50.7 Å². The molecule has 11 atom stereocenters. The molecule has 2 N–H and O–H groups in total. The molecule has 302 valence electrons. The molecule has 2 aromatic rings. The molecule has 6 aliphatic rings. The van der Waals surface area contributed by atoms with Gasteiger partial charge in [-0.2, -0.15) is 5.10 Å². The SMILES string of the molecule is CNC1(CO[C@H]2[C@H](n3ncnc3-c3ccncn3)C[C@@]34COC[C@]2(C)[C@@H]3CC[C@H]2C4=CC[C@]3(C)[C@H](OC(=O)O)[C@@](C)([C@H](C)C(C)C)CC[C@]23C)CCOCC1. The van der Waals surface area contributed by atoms with E-state index in [9.17, 15) is 9.90 Å². The summed E-state index contributed by atoms with van der Waals surface area (Å²) in [4.78, 5) is 26.1. The van der Waals surface area contributed by atoms with Crippen molar-refractivity contribution in [2.75, 3.05) is 40.1 Å². The summed E-state index contributed by atoms with van der Waals surface area (Å²) >= 11 is 0. The van der Waals surface area contributed by atoms with Crippen molar-refractivity contribution in [3.05, 3.63) is 36.6 Å². The van der Waals surface area contributed by atoms with Gasteiger partial charge in [-0.15, -0.1) is 0 Å². The third-order valence-corrected chi connectivity index (χ3v) is 17.2. The Hall–Kier alpha value is -2.93. The zero-order valence-electron chi connectivity index (χ0n) is 34.3. The molecule has 0 spiro atoms. The van der Waals surface area contributed by atoms with Crippen LogP contribution in [0.2, 0.25) is 0 Å². The Morgan fingerprint density at radius 1 is 1.02 bits per heavy atom. The number of nitrogens with one attached hydrogen (secondary N) is 1. The zero-order valence-corrected chi connectivity index (χ0v) is 34.3. The highest BCUT2D eigenvalue weighted by molar-refractivity contribution is 5.57. The van der Waals surface area contributed by atoms with Gasteiger partial charge in [-0.1, -0.05) is 60.1 Å². The van der Waals surface area contributed by atoms with E-state index in [1.165, 1.54) is 5.57 Å². The number of likely N-dealkylation sites (N-methyl/N-ethyl adjacent to an activating group) is 1. The lowest BCUT2D eigenvalue weighted by Gasteiger charge is -2.71. The van der Waals surface area contributed by atoms with Crippen LogP contribution in [0.4, 0.5) is 4.79 Å². The van der Waals surface area contributed by atoms with Crippen LogP contribution in [0.15, 0.2) is 36.6 Å². The molecule has 2 saturated heterocycles. The summed E-state index contributed by atoms with van der Waals surface area (Å²) in [6, 6.07) is 1.77. The number of allylic oxidation sites excluding steroid dienone is 1. The minimum absolute atomic E-state index is 0.128. The fourth-order valence-corrected chi connectivity index (χ4v) is 13.4. The summed E-state index contributed by atoms with van der Waals surface area (Å²) in [5, 5.41) is 18.8. The van der Waals surface area contributed by atoms with E-state index in [0.717, 1.165) is 62.9 Å². The van der Waals surface area contributed by atoms with E-state index in [1.807, 2.05) is 13.1 Å². The van der Waals surface area contributed by atoms with Gasteiger partial charge in [-0.05, 0) is 93.6 Å². The van der Waals surface area contributed by atoms with Crippen LogP contribution in [0, 0.1) is 50.7 Å². The van der Waals surface area contributed by atoms with Gasteiger partial charge in [0.1, 0.15) is 24.5 Å². The van der Waals surface area contributed by atoms with E-state index in [1.54, 1.807) is 18.9 Å². The molecular formula is C43H64N6O6. The van der Waals surface area contributed by atoms with Crippen molar-refractivity contribution in [1.29, 1.82) is 0 Å². The molecule has 12 nitrogen and oxygen atoms in total. The van der Waals surface area contributed by atoms with Crippen molar-refractivity contribution in [1.82, 2.24) is 30.0 Å². The summed E-state index contributed by atoms with van der Waals surface area (Å²) in [7, 11) is 2.04. The lowest BCUT2D eigenvalue weighted by Crippen LogP contribution is -2.70. The van der Waals surface area contributed by atoms with Gasteiger partial charge < -0.3 is 29.4 Å². The van der Waals surface area contributed by atoms with Gasteiger partial charge in [0, 0.05) is 46.6 Å². The smallest absolute Gasteiger partial charge is 0.450 e. The van der Waals surface area contributed by atoms with Gasteiger partial charge in [0.15, 0.2) is 5.82 Å². The lowest BCUT2D eigenvalue weighted by molar-refractivity contribution is -0.257. The number of carbonyl (C=O) groups is 1. The topological polar surface area (TPSA) is 143 Å². The van der Waals surface area contributed by atoms with Crippen molar-refractivity contribution >= 4 is 6.16 Å². The summed E-state index contributed by atoms with van der Waals surface area (Å²) in [5.74, 6) is 2.05. The largest absolute Gasteiger partial charge is 0.506 e. The monoisotopic (exact) mass is 760 g/mol. The second kappa shape index (κ2) is 13.9. The molecule has 4 heterocycles. The standard InChI is InChI=1S/C43H64N6O6/c1-27(2)28(3)38(4)14-15-40(6)29-9-10-33-39(5)22-53-24-43(33,30(29)11-13-41(40,7)36(38)55-37(50)51)21-32(34(39)54-23-42(44-8)16-19-52-20-17-42)49-35(47-26-48-49)31-12-18-45-25-46-31/h11-12,18,25-29,32-34,36,44H,9-10,13-17,19-24H2,1-8H3,(H,50,51)/t28-,29+,32-,33+,34+,36-,38-,39-,40-,41-,43+/m1/s1. The van der Waals surface area contributed by atoms with Gasteiger partial charge in [0.25, 0.3) is 0 Å². The highest BCUT2D eigenvalue weighted by Gasteiger charge is 2.72. The predicted octanol–water partition coefficient (Wildman–Crippen LogP) is 7.38. The van der Waals surface area contributed by atoms with E-state index >= 15 is 0 Å². The molecule has 0 aromatic carbocycles. The summed E-state index contributed by atoms with van der Waals surface area (Å²) in [5.41, 5.74) is 0.730. The molecule has 0 amide bonds. The number of hydrogen-bond acceptors (Lipinski definition) is 10. The Bertz CT molecular complexity index is 1760. The van der Waals surface area contributed by atoms with Crippen molar-refractivity contribution in [2.45, 2.75) is 124 Å². The molecular weight excluding hydrogens is 697 g/mol. The maximum absolute atomic E-state index is 12.5. The summed E-state index contributed by atoms with van der Waals surface area (Å²) < 4.78 is 28.2. The Kier molecular flexibility index (Phi) is 9.82. The average Bonchev–Trinajstić information content (AvgIpc) is 3.67. The number of aromatic nitrogens is 5. The third-order valence-electron chi connectivity index (χ3n) is 17.2. The van der Waals surface area contributed by atoms with E-state index in [2.05, 4.69) is 74.5 Å². The molecule has 0 unspecified atom stereocenters. The first-order valence-corrected chi connectivity index (χ1v) is 20.9. The first kappa shape index (κ1) is 38.9. The lowest BCUT2D eigenvalue weighted by atomic mass is 9.35. The van der Waals surface area contributed by atoms with Gasteiger partial charge in [-0.25, -0.2) is 24.4 Å². The average molecular weight is 761 g/mol. The minimum Gasteiger partial charge on any atom is -0.450 e. The fourth-order valence-electron chi connectivity index (χ4n) is 13.4. The van der Waals surface area contributed by atoms with Crippen molar-refractivity contribution in [3.63, 3.8) is 0 Å². The molecule has 8 rings (SSSR count). The van der Waals surface area contributed by atoms with Crippen LogP contribution in [0.25, 0.3) is 11.5 Å². The van der Waals surface area contributed by atoms with Gasteiger partial charge in [0.2, 0.25) is 0 Å². The maximum Gasteiger partial charge on any atom is 0.506 e. The van der Waals surface area contributed by atoms with Crippen LogP contribution < -0.4 is 5.32 Å². The quantitative estimate of drug-likeness (QED) is 0.195. The number of ether oxygens (including phenoxy) is 4. The van der Waals surface area contributed by atoms with E-state index in [0.29, 0.717) is 50.8 Å². The Morgan fingerprint density at radius 3 is 2.49 bits per heavy atom. The molecule has 2 aromatic heterocycles. The van der Waals surface area contributed by atoms with Crippen LogP contribution in [0.1, 0.15) is 106 Å². The van der Waals surface area contributed by atoms with E-state index in [4.69, 9.17) is 29.0 Å². The molecule has 55 heavy (non-hydrogen) atoms. The van der Waals surface area contributed by atoms with Crippen molar-refractivity contribution in [2.24, 2.45) is 50.7 Å². The number of rotatable bonds is 9. The minimum atomic E-state index is -1.17. The summed E-state index contributed by atoms with van der Waals surface area (Å²) in [6.45, 7) is 19.6. The number of hydrogen-bond donors (Lipinski definition) is 2. The molecule has 2 bridgehead atoms. The molecule has 4 aliphatic carbocycles. The second-order valence-electron chi connectivity index (χ2n) is 19.6. The molecule has 2 aliphatic heterocycles. The van der Waals surface area contributed by atoms with Crippen LogP contribution in [0.5, 0.6) is 0 Å². The first-order valence-electron chi connectivity index (χ1n) is 20.9. The van der Waals surface area contributed by atoms with Gasteiger partial charge in [-0.3, -0.25) is 0 Å². The Balaban J connectivity index is 1.23. The van der Waals surface area contributed by atoms with Gasteiger partial charge in [0.05, 0.1) is 32.0 Å². The molecule has 12 heteroatoms. The third kappa shape index (κ3) is 5.76. The molecule has 0 radical (unpaired) electrons. The van der Waals surface area contributed by atoms with Crippen molar-refractivity contribution < 1.29 is 28.8 Å². The zero-order chi connectivity index (χ0) is 39.0. The predicted molar refractivity (Wildman–Crippen MR) is 207 cm³/mol. The number of carboxylic acid groups (broad SMARTS) is 1. The highest BCUT2D eigenvalue weighted by atomic mass is 16.7. The second-order valence-corrected chi connectivity index (χ2v) is 19.6. The fraction of sp³-hybridized carbons (Fsp3) is 0.791.